The van der Waals surface area contributed by atoms with Crippen molar-refractivity contribution in [2.75, 3.05) is 0 Å². The molecule has 2 aromatic heterocycles. The Morgan fingerprint density at radius 2 is 1.79 bits per heavy atom. The van der Waals surface area contributed by atoms with Crippen LogP contribution in [-0.2, 0) is 6.54 Å². The predicted octanol–water partition coefficient (Wildman–Crippen LogP) is 4.18. The van der Waals surface area contributed by atoms with Crippen molar-refractivity contribution in [3.05, 3.63) is 89.8 Å². The number of carbonyl (C=O) groups excluding carboxylic acids is 1. The summed E-state index contributed by atoms with van der Waals surface area (Å²) >= 11 is 0. The molecule has 29 heavy (non-hydrogen) atoms. The number of aryl methyl sites for hydroxylation is 1. The highest BCUT2D eigenvalue weighted by Crippen LogP contribution is 2.21. The van der Waals surface area contributed by atoms with Crippen LogP contribution >= 0.6 is 0 Å². The fraction of sp³-hybridized carbons (Fsp3) is 0.0909. The van der Waals surface area contributed by atoms with Crippen LogP contribution in [0.25, 0.3) is 22.6 Å². The van der Waals surface area contributed by atoms with Gasteiger partial charge in [0.2, 0.25) is 11.8 Å². The molecule has 1 amide bonds. The van der Waals surface area contributed by atoms with Crippen LogP contribution in [0.1, 0.15) is 21.9 Å². The molecule has 0 unspecified atom stereocenters. The van der Waals surface area contributed by atoms with E-state index in [1.807, 2.05) is 25.1 Å². The number of carbonyl (C=O) groups is 1. The fourth-order valence-electron chi connectivity index (χ4n) is 2.78. The number of halogens is 1. The molecule has 2 aromatic carbocycles. The number of hydrogen-bond acceptors (Lipinski definition) is 5. The van der Waals surface area contributed by atoms with Gasteiger partial charge >= 0.3 is 0 Å². The zero-order valence-corrected chi connectivity index (χ0v) is 15.6. The summed E-state index contributed by atoms with van der Waals surface area (Å²) < 4.78 is 18.7. The maximum Gasteiger partial charge on any atom is 0.251 e. The predicted molar refractivity (Wildman–Crippen MR) is 105 cm³/mol. The van der Waals surface area contributed by atoms with Gasteiger partial charge in [-0.05, 0) is 54.4 Å². The van der Waals surface area contributed by atoms with Crippen molar-refractivity contribution in [3.8, 4) is 22.6 Å². The number of rotatable bonds is 5. The smallest absolute Gasteiger partial charge is 0.251 e. The van der Waals surface area contributed by atoms with Crippen LogP contribution in [0.3, 0.4) is 0 Å². The van der Waals surface area contributed by atoms with Crippen molar-refractivity contribution in [1.82, 2.24) is 20.5 Å². The highest BCUT2D eigenvalue weighted by atomic mass is 19.1. The van der Waals surface area contributed by atoms with Gasteiger partial charge in [-0.2, -0.15) is 0 Å². The average Bonchev–Trinajstić information content (AvgIpc) is 3.22. The summed E-state index contributed by atoms with van der Waals surface area (Å²) in [4.78, 5) is 16.7. The molecule has 0 aliphatic rings. The molecular weight excluding hydrogens is 371 g/mol. The van der Waals surface area contributed by atoms with E-state index < -0.39 is 0 Å². The Morgan fingerprint density at radius 1 is 1.00 bits per heavy atom. The zero-order valence-electron chi connectivity index (χ0n) is 15.6. The van der Waals surface area contributed by atoms with E-state index in [1.54, 1.807) is 36.5 Å². The lowest BCUT2D eigenvalue weighted by Crippen LogP contribution is -2.22. The summed E-state index contributed by atoms with van der Waals surface area (Å²) in [5, 5.41) is 10.7. The summed E-state index contributed by atoms with van der Waals surface area (Å²) in [6, 6.07) is 16.9. The third-order valence-corrected chi connectivity index (χ3v) is 4.33. The Hall–Kier alpha value is -3.87. The van der Waals surface area contributed by atoms with Crippen LogP contribution < -0.4 is 5.32 Å². The van der Waals surface area contributed by atoms with Crippen LogP contribution in [0.5, 0.6) is 0 Å². The van der Waals surface area contributed by atoms with Gasteiger partial charge in [0.15, 0.2) is 0 Å². The van der Waals surface area contributed by atoms with Gasteiger partial charge in [0.1, 0.15) is 5.82 Å². The topological polar surface area (TPSA) is 80.9 Å². The lowest BCUT2D eigenvalue weighted by Gasteiger charge is -2.06. The number of aromatic nitrogens is 3. The molecule has 0 bridgehead atoms. The first-order valence-corrected chi connectivity index (χ1v) is 8.98. The molecular formula is C22H17FN4O2. The van der Waals surface area contributed by atoms with E-state index in [0.717, 1.165) is 16.8 Å². The van der Waals surface area contributed by atoms with E-state index in [-0.39, 0.29) is 18.3 Å². The Labute approximate surface area is 166 Å². The van der Waals surface area contributed by atoms with Crippen LogP contribution in [0, 0.1) is 12.7 Å². The van der Waals surface area contributed by atoms with Gasteiger partial charge in [0, 0.05) is 17.5 Å². The monoisotopic (exact) mass is 388 g/mol. The molecule has 0 fully saturated rings. The van der Waals surface area contributed by atoms with Gasteiger partial charge in [0.05, 0.1) is 12.1 Å². The number of nitrogens with one attached hydrogen (secondary N) is 1. The standard InChI is InChI=1S/C22H17FN4O2/c1-14-5-6-18(12-24-14)22-27-26-20(29-22)13-25-21(28)17-4-2-3-16(11-17)15-7-9-19(23)10-8-15/h2-12H,13H2,1H3,(H,25,28). The fourth-order valence-corrected chi connectivity index (χ4v) is 2.78. The lowest BCUT2D eigenvalue weighted by atomic mass is 10.0. The second-order valence-corrected chi connectivity index (χ2v) is 6.46. The summed E-state index contributed by atoms with van der Waals surface area (Å²) in [5.41, 5.74) is 3.74. The van der Waals surface area contributed by atoms with E-state index in [0.29, 0.717) is 22.9 Å². The molecule has 1 N–H and O–H groups in total. The van der Waals surface area contributed by atoms with E-state index >= 15 is 0 Å². The van der Waals surface area contributed by atoms with Crippen LogP contribution in [0.2, 0.25) is 0 Å². The van der Waals surface area contributed by atoms with Crippen LogP contribution in [-0.4, -0.2) is 21.1 Å². The quantitative estimate of drug-likeness (QED) is 0.555. The summed E-state index contributed by atoms with van der Waals surface area (Å²) in [5.74, 6) is 0.0670. The molecule has 6 nitrogen and oxygen atoms in total. The Kier molecular flexibility index (Phi) is 5.11. The minimum absolute atomic E-state index is 0.103. The molecule has 0 spiro atoms. The van der Waals surface area contributed by atoms with Crippen LogP contribution in [0.4, 0.5) is 4.39 Å². The number of amides is 1. The van der Waals surface area contributed by atoms with E-state index in [2.05, 4.69) is 20.5 Å². The van der Waals surface area contributed by atoms with Gasteiger partial charge in [-0.25, -0.2) is 4.39 Å². The Bertz CT molecular complexity index is 1140. The van der Waals surface area contributed by atoms with Crippen molar-refractivity contribution < 1.29 is 13.6 Å². The first kappa shape index (κ1) is 18.5. The molecule has 0 atom stereocenters. The van der Waals surface area contributed by atoms with Gasteiger partial charge in [0.25, 0.3) is 5.91 Å². The van der Waals surface area contributed by atoms with Gasteiger partial charge < -0.3 is 9.73 Å². The lowest BCUT2D eigenvalue weighted by molar-refractivity contribution is 0.0947. The number of hydrogen-bond donors (Lipinski definition) is 1. The average molecular weight is 388 g/mol. The molecule has 7 heteroatoms. The number of pyridine rings is 1. The molecule has 0 saturated carbocycles. The first-order valence-electron chi connectivity index (χ1n) is 8.98. The van der Waals surface area contributed by atoms with Crippen molar-refractivity contribution in [2.24, 2.45) is 0 Å². The molecule has 0 aliphatic carbocycles. The maximum atomic E-state index is 13.1. The summed E-state index contributed by atoms with van der Waals surface area (Å²) in [6.45, 7) is 2.00. The molecule has 0 saturated heterocycles. The third kappa shape index (κ3) is 4.35. The Morgan fingerprint density at radius 3 is 2.55 bits per heavy atom. The normalized spacial score (nSPS) is 10.7. The molecule has 144 valence electrons. The Balaban J connectivity index is 1.43. The summed E-state index contributed by atoms with van der Waals surface area (Å²) in [7, 11) is 0. The molecule has 2 heterocycles. The van der Waals surface area contributed by atoms with Crippen molar-refractivity contribution in [1.29, 1.82) is 0 Å². The van der Waals surface area contributed by atoms with Crippen molar-refractivity contribution >= 4 is 5.91 Å². The third-order valence-electron chi connectivity index (χ3n) is 4.33. The molecule has 0 aliphatic heterocycles. The zero-order chi connectivity index (χ0) is 20.2. The van der Waals surface area contributed by atoms with Gasteiger partial charge in [-0.1, -0.05) is 24.3 Å². The van der Waals surface area contributed by atoms with Gasteiger partial charge in [-0.3, -0.25) is 9.78 Å². The maximum absolute atomic E-state index is 13.1. The van der Waals surface area contributed by atoms with E-state index in [1.165, 1.54) is 12.1 Å². The molecule has 4 aromatic rings. The number of benzene rings is 2. The SMILES string of the molecule is Cc1ccc(-c2nnc(CNC(=O)c3cccc(-c4ccc(F)cc4)c3)o2)cn1. The highest BCUT2D eigenvalue weighted by Gasteiger charge is 2.12. The van der Waals surface area contributed by atoms with Crippen molar-refractivity contribution in [3.63, 3.8) is 0 Å². The first-order chi connectivity index (χ1) is 14.1. The second-order valence-electron chi connectivity index (χ2n) is 6.46. The van der Waals surface area contributed by atoms with Crippen LogP contribution in [0.15, 0.2) is 71.3 Å². The summed E-state index contributed by atoms with van der Waals surface area (Å²) in [6.07, 6.45) is 1.66. The van der Waals surface area contributed by atoms with Gasteiger partial charge in [-0.15, -0.1) is 10.2 Å². The number of nitrogens with zero attached hydrogens (tertiary/aromatic N) is 3. The minimum atomic E-state index is -0.303. The highest BCUT2D eigenvalue weighted by molar-refractivity contribution is 5.95. The second kappa shape index (κ2) is 8.02. The van der Waals surface area contributed by atoms with E-state index in [9.17, 15) is 9.18 Å². The van der Waals surface area contributed by atoms with Crippen molar-refractivity contribution in [2.45, 2.75) is 13.5 Å². The van der Waals surface area contributed by atoms with E-state index in [4.69, 9.17) is 4.42 Å². The largest absolute Gasteiger partial charge is 0.419 e. The molecule has 4 rings (SSSR count). The molecule has 0 radical (unpaired) electrons. The minimum Gasteiger partial charge on any atom is -0.419 e.